The van der Waals surface area contributed by atoms with Gasteiger partial charge in [0.25, 0.3) is 0 Å². The van der Waals surface area contributed by atoms with Gasteiger partial charge in [-0.15, -0.1) is 0 Å². The van der Waals surface area contributed by atoms with Gasteiger partial charge in [-0.25, -0.2) is 0 Å². The molecule has 1 saturated heterocycles. The van der Waals surface area contributed by atoms with Crippen LogP contribution in [-0.2, 0) is 9.53 Å². The molecule has 0 radical (unpaired) electrons. The predicted molar refractivity (Wildman–Crippen MR) is 37.9 cm³/mol. The van der Waals surface area contributed by atoms with Crippen molar-refractivity contribution in [2.75, 3.05) is 20.3 Å². The molecule has 0 aromatic rings. The molecule has 1 heterocycles. The summed E-state index contributed by atoms with van der Waals surface area (Å²) in [4.78, 5) is 11.1. The summed E-state index contributed by atoms with van der Waals surface area (Å²) in [5.74, 6) is 0.181. The molecule has 1 fully saturated rings. The SMILES string of the molecule is COCC(=O)[C@H]1CCCN1. The standard InChI is InChI=1S/C7H13NO2/c1-10-5-7(9)6-3-2-4-8-6/h6,8H,2-5H2,1H3/t6-/m1/s1. The Morgan fingerprint density at radius 2 is 2.60 bits per heavy atom. The summed E-state index contributed by atoms with van der Waals surface area (Å²) in [5, 5.41) is 3.11. The van der Waals surface area contributed by atoms with Crippen LogP contribution in [0.15, 0.2) is 0 Å². The third kappa shape index (κ3) is 1.78. The third-order valence-corrected chi connectivity index (χ3v) is 1.74. The van der Waals surface area contributed by atoms with Gasteiger partial charge in [-0.2, -0.15) is 0 Å². The minimum atomic E-state index is 0.0694. The van der Waals surface area contributed by atoms with E-state index in [0.29, 0.717) is 0 Å². The fourth-order valence-electron chi connectivity index (χ4n) is 1.20. The second kappa shape index (κ2) is 3.68. The monoisotopic (exact) mass is 143 g/mol. The minimum absolute atomic E-state index is 0.0694. The molecule has 0 aliphatic carbocycles. The quantitative estimate of drug-likeness (QED) is 0.602. The first-order valence-corrected chi connectivity index (χ1v) is 3.59. The fourth-order valence-corrected chi connectivity index (χ4v) is 1.20. The van der Waals surface area contributed by atoms with Crippen LogP contribution in [0, 0.1) is 0 Å². The molecule has 3 nitrogen and oxygen atoms in total. The van der Waals surface area contributed by atoms with Crippen molar-refractivity contribution in [3.05, 3.63) is 0 Å². The highest BCUT2D eigenvalue weighted by molar-refractivity contribution is 5.85. The van der Waals surface area contributed by atoms with E-state index in [1.54, 1.807) is 7.11 Å². The van der Waals surface area contributed by atoms with Gasteiger partial charge in [0.1, 0.15) is 6.61 Å². The first-order chi connectivity index (χ1) is 4.84. The van der Waals surface area contributed by atoms with E-state index in [9.17, 15) is 4.79 Å². The van der Waals surface area contributed by atoms with Crippen LogP contribution in [0.2, 0.25) is 0 Å². The summed E-state index contributed by atoms with van der Waals surface area (Å²) in [6.45, 7) is 1.22. The number of rotatable bonds is 3. The average Bonchev–Trinajstić information content (AvgIpc) is 2.38. The molecule has 1 N–H and O–H groups in total. The lowest BCUT2D eigenvalue weighted by atomic mass is 10.1. The molecule has 0 aromatic heterocycles. The van der Waals surface area contributed by atoms with E-state index in [0.717, 1.165) is 19.4 Å². The topological polar surface area (TPSA) is 38.3 Å². The normalized spacial score (nSPS) is 25.1. The smallest absolute Gasteiger partial charge is 0.175 e. The van der Waals surface area contributed by atoms with Crippen molar-refractivity contribution in [3.63, 3.8) is 0 Å². The van der Waals surface area contributed by atoms with Gasteiger partial charge in [0.2, 0.25) is 0 Å². The number of carbonyl (C=O) groups excluding carboxylic acids is 1. The van der Waals surface area contributed by atoms with Crippen molar-refractivity contribution in [2.24, 2.45) is 0 Å². The summed E-state index contributed by atoms with van der Waals surface area (Å²) in [6.07, 6.45) is 2.09. The summed E-state index contributed by atoms with van der Waals surface area (Å²) >= 11 is 0. The third-order valence-electron chi connectivity index (χ3n) is 1.74. The number of methoxy groups -OCH3 is 1. The first kappa shape index (κ1) is 7.69. The van der Waals surface area contributed by atoms with Crippen LogP contribution in [0.4, 0.5) is 0 Å². The van der Waals surface area contributed by atoms with Gasteiger partial charge in [-0.3, -0.25) is 4.79 Å². The molecular weight excluding hydrogens is 130 g/mol. The Morgan fingerprint density at radius 3 is 3.10 bits per heavy atom. The summed E-state index contributed by atoms with van der Waals surface area (Å²) < 4.78 is 4.73. The second-order valence-electron chi connectivity index (χ2n) is 2.55. The number of ketones is 1. The van der Waals surface area contributed by atoms with Crippen molar-refractivity contribution in [3.8, 4) is 0 Å². The summed E-state index contributed by atoms with van der Waals surface area (Å²) in [5.41, 5.74) is 0. The van der Waals surface area contributed by atoms with Crippen LogP contribution >= 0.6 is 0 Å². The highest BCUT2D eigenvalue weighted by atomic mass is 16.5. The lowest BCUT2D eigenvalue weighted by molar-refractivity contribution is -0.124. The molecule has 58 valence electrons. The molecule has 3 heteroatoms. The lowest BCUT2D eigenvalue weighted by Gasteiger charge is -2.06. The van der Waals surface area contributed by atoms with Crippen LogP contribution in [0.1, 0.15) is 12.8 Å². The number of hydrogen-bond donors (Lipinski definition) is 1. The maximum absolute atomic E-state index is 11.1. The Kier molecular flexibility index (Phi) is 2.83. The zero-order valence-electron chi connectivity index (χ0n) is 6.22. The minimum Gasteiger partial charge on any atom is -0.377 e. The lowest BCUT2D eigenvalue weighted by Crippen LogP contribution is -2.33. The summed E-state index contributed by atoms with van der Waals surface area (Å²) in [6, 6.07) is 0.0694. The second-order valence-corrected chi connectivity index (χ2v) is 2.55. The Bertz CT molecular complexity index is 119. The van der Waals surface area contributed by atoms with Gasteiger partial charge in [0.05, 0.1) is 6.04 Å². The van der Waals surface area contributed by atoms with E-state index in [-0.39, 0.29) is 18.4 Å². The maximum Gasteiger partial charge on any atom is 0.175 e. The van der Waals surface area contributed by atoms with Gasteiger partial charge >= 0.3 is 0 Å². The molecule has 1 rings (SSSR count). The number of hydrogen-bond acceptors (Lipinski definition) is 3. The van der Waals surface area contributed by atoms with Crippen molar-refractivity contribution < 1.29 is 9.53 Å². The van der Waals surface area contributed by atoms with Crippen molar-refractivity contribution in [1.82, 2.24) is 5.32 Å². The fraction of sp³-hybridized carbons (Fsp3) is 0.857. The van der Waals surface area contributed by atoms with Crippen molar-refractivity contribution in [2.45, 2.75) is 18.9 Å². The molecule has 0 spiro atoms. The highest BCUT2D eigenvalue weighted by Gasteiger charge is 2.20. The van der Waals surface area contributed by atoms with E-state index in [2.05, 4.69) is 5.32 Å². The molecule has 0 aromatic carbocycles. The number of nitrogens with one attached hydrogen (secondary N) is 1. The largest absolute Gasteiger partial charge is 0.377 e. The van der Waals surface area contributed by atoms with Gasteiger partial charge in [-0.05, 0) is 19.4 Å². The van der Waals surface area contributed by atoms with E-state index in [1.165, 1.54) is 0 Å². The van der Waals surface area contributed by atoms with Crippen LogP contribution < -0.4 is 5.32 Å². The van der Waals surface area contributed by atoms with E-state index in [4.69, 9.17) is 4.74 Å². The van der Waals surface area contributed by atoms with Gasteiger partial charge in [0.15, 0.2) is 5.78 Å². The van der Waals surface area contributed by atoms with Crippen LogP contribution in [0.25, 0.3) is 0 Å². The Morgan fingerprint density at radius 1 is 1.80 bits per heavy atom. The molecule has 0 unspecified atom stereocenters. The van der Waals surface area contributed by atoms with E-state index < -0.39 is 0 Å². The van der Waals surface area contributed by atoms with Gasteiger partial charge < -0.3 is 10.1 Å². The predicted octanol–water partition coefficient (Wildman–Crippen LogP) is -0.0461. The molecule has 10 heavy (non-hydrogen) atoms. The molecule has 0 saturated carbocycles. The number of Topliss-reactive ketones (excluding diaryl/α,β-unsaturated/α-hetero) is 1. The molecular formula is C7H13NO2. The van der Waals surface area contributed by atoms with E-state index in [1.807, 2.05) is 0 Å². The molecule has 1 atom stereocenters. The van der Waals surface area contributed by atoms with Crippen molar-refractivity contribution in [1.29, 1.82) is 0 Å². The molecule has 1 aliphatic rings. The maximum atomic E-state index is 11.1. The Labute approximate surface area is 60.7 Å². The molecule has 0 bridgehead atoms. The van der Waals surface area contributed by atoms with Crippen LogP contribution in [0.3, 0.4) is 0 Å². The number of carbonyl (C=O) groups is 1. The Balaban J connectivity index is 2.25. The van der Waals surface area contributed by atoms with Gasteiger partial charge in [-0.1, -0.05) is 0 Å². The zero-order valence-corrected chi connectivity index (χ0v) is 6.22. The summed E-state index contributed by atoms with van der Waals surface area (Å²) in [7, 11) is 1.55. The molecule has 1 aliphatic heterocycles. The first-order valence-electron chi connectivity index (χ1n) is 3.59. The number of ether oxygens (including phenoxy) is 1. The van der Waals surface area contributed by atoms with Crippen LogP contribution in [0.5, 0.6) is 0 Å². The zero-order chi connectivity index (χ0) is 7.40. The van der Waals surface area contributed by atoms with Crippen LogP contribution in [-0.4, -0.2) is 32.1 Å². The van der Waals surface area contributed by atoms with Gasteiger partial charge in [0, 0.05) is 7.11 Å². The average molecular weight is 143 g/mol. The highest BCUT2D eigenvalue weighted by Crippen LogP contribution is 2.05. The molecule has 0 amide bonds. The van der Waals surface area contributed by atoms with E-state index >= 15 is 0 Å². The van der Waals surface area contributed by atoms with Crippen molar-refractivity contribution >= 4 is 5.78 Å². The Hall–Kier alpha value is -0.410.